The molecule has 1 aromatic heterocycles. The zero-order valence-electron chi connectivity index (χ0n) is 25.3. The molecule has 2 fully saturated rings. The second-order valence-corrected chi connectivity index (χ2v) is 11.6. The Hall–Kier alpha value is -3.84. The minimum atomic E-state index is -0.249. The number of benzene rings is 1. The number of likely N-dealkylation sites (tertiary alicyclic amines) is 1. The summed E-state index contributed by atoms with van der Waals surface area (Å²) in [6.45, 7) is 11.2. The molecule has 5 rings (SSSR count). The minimum Gasteiger partial charge on any atom is -0.486 e. The number of anilines is 2. The van der Waals surface area contributed by atoms with Crippen molar-refractivity contribution in [1.29, 1.82) is 5.26 Å². The number of piperazine rings is 1. The Morgan fingerprint density at radius 3 is 2.74 bits per heavy atom. The highest BCUT2D eigenvalue weighted by Gasteiger charge is 2.35. The van der Waals surface area contributed by atoms with E-state index < -0.39 is 0 Å². The molecule has 4 atom stereocenters. The number of nitrogens with zero attached hydrogens (tertiary/aromatic N) is 7. The molecule has 0 N–H and O–H groups in total. The van der Waals surface area contributed by atoms with Crippen LogP contribution in [0.15, 0.2) is 36.9 Å². The summed E-state index contributed by atoms with van der Waals surface area (Å²) in [6, 6.07) is 11.0. The predicted octanol–water partition coefficient (Wildman–Crippen LogP) is 3.46. The lowest BCUT2D eigenvalue weighted by Gasteiger charge is -2.42. The van der Waals surface area contributed by atoms with Crippen molar-refractivity contribution in [1.82, 2.24) is 19.8 Å². The molecule has 10 heteroatoms. The lowest BCUT2D eigenvalue weighted by molar-refractivity contribution is -0.128. The van der Waals surface area contributed by atoms with E-state index in [4.69, 9.17) is 19.4 Å². The standard InChI is InChI=1S/C32H43N7O3/c1-6-25-26(19-29-22(3)37(5)27-12-8-9-13-28(27)42-29)34-32(41-21-24-11-10-16-36(24)4)35-31(25)38-17-18-39(30(40)7-2)23(20-38)14-15-33/h7-9,12-13,22-24,29H,2,6,10-11,14,16-21H2,1,3-5H3/t22?,23?,24?,29-/m1/s1. The first kappa shape index (κ1) is 29.6. The van der Waals surface area contributed by atoms with Crippen LogP contribution >= 0.6 is 0 Å². The first-order chi connectivity index (χ1) is 20.3. The summed E-state index contributed by atoms with van der Waals surface area (Å²) in [7, 11) is 4.24. The maximum Gasteiger partial charge on any atom is 0.318 e. The molecule has 4 heterocycles. The molecule has 0 saturated carbocycles. The molecule has 0 radical (unpaired) electrons. The van der Waals surface area contributed by atoms with Gasteiger partial charge in [0.1, 0.15) is 24.3 Å². The Morgan fingerprint density at radius 1 is 1.21 bits per heavy atom. The number of nitriles is 1. The number of aromatic nitrogens is 2. The van der Waals surface area contributed by atoms with Crippen LogP contribution in [0, 0.1) is 11.3 Å². The molecular weight excluding hydrogens is 530 g/mol. The summed E-state index contributed by atoms with van der Waals surface area (Å²) in [5.74, 6) is 1.55. The lowest BCUT2D eigenvalue weighted by atomic mass is 9.98. The van der Waals surface area contributed by atoms with Crippen molar-refractivity contribution >= 4 is 17.4 Å². The van der Waals surface area contributed by atoms with Gasteiger partial charge in [-0.1, -0.05) is 25.6 Å². The van der Waals surface area contributed by atoms with Gasteiger partial charge in [0.15, 0.2) is 0 Å². The molecule has 2 saturated heterocycles. The SMILES string of the molecule is C=CC(=O)N1CCN(c2nc(OCC3CCCN3C)nc(C[C@H]3Oc4ccccc4N(C)C3C)c2CC)CC1CC#N. The first-order valence-corrected chi connectivity index (χ1v) is 15.1. The fraction of sp³-hybridized carbons (Fsp3) is 0.562. The van der Waals surface area contributed by atoms with Gasteiger partial charge >= 0.3 is 6.01 Å². The van der Waals surface area contributed by atoms with Crippen LogP contribution < -0.4 is 19.3 Å². The monoisotopic (exact) mass is 573 g/mol. The molecular formula is C32H43N7O3. The average molecular weight is 574 g/mol. The number of ether oxygens (including phenoxy) is 2. The van der Waals surface area contributed by atoms with E-state index in [0.717, 1.165) is 54.3 Å². The molecule has 0 aliphatic carbocycles. The normalized spacial score (nSPS) is 24.1. The van der Waals surface area contributed by atoms with E-state index in [9.17, 15) is 10.1 Å². The summed E-state index contributed by atoms with van der Waals surface area (Å²) in [4.78, 5) is 31.1. The van der Waals surface area contributed by atoms with Crippen LogP contribution in [0.25, 0.3) is 0 Å². The highest BCUT2D eigenvalue weighted by molar-refractivity contribution is 5.87. The number of para-hydroxylation sites is 2. The molecule has 224 valence electrons. The van der Waals surface area contributed by atoms with E-state index in [1.54, 1.807) is 4.90 Å². The predicted molar refractivity (Wildman–Crippen MR) is 163 cm³/mol. The maximum atomic E-state index is 12.5. The maximum absolute atomic E-state index is 12.5. The molecule has 3 aliphatic heterocycles. The third-order valence-corrected chi connectivity index (χ3v) is 9.11. The molecule has 10 nitrogen and oxygen atoms in total. The van der Waals surface area contributed by atoms with Crippen molar-refractivity contribution in [3.8, 4) is 17.8 Å². The van der Waals surface area contributed by atoms with Crippen LogP contribution in [0.3, 0.4) is 0 Å². The number of hydrogen-bond acceptors (Lipinski definition) is 9. The van der Waals surface area contributed by atoms with Gasteiger partial charge in [0, 0.05) is 44.7 Å². The van der Waals surface area contributed by atoms with Crippen LogP contribution in [0.5, 0.6) is 11.8 Å². The summed E-state index contributed by atoms with van der Waals surface area (Å²) in [5.41, 5.74) is 3.06. The second kappa shape index (κ2) is 13.0. The zero-order chi connectivity index (χ0) is 29.8. The molecule has 3 aliphatic rings. The van der Waals surface area contributed by atoms with Crippen LogP contribution in [0.2, 0.25) is 0 Å². The van der Waals surface area contributed by atoms with Gasteiger partial charge in [0.25, 0.3) is 0 Å². The van der Waals surface area contributed by atoms with E-state index >= 15 is 0 Å². The third-order valence-electron chi connectivity index (χ3n) is 9.11. The van der Waals surface area contributed by atoms with Gasteiger partial charge in [-0.05, 0) is 58.0 Å². The van der Waals surface area contributed by atoms with E-state index in [2.05, 4.69) is 61.4 Å². The van der Waals surface area contributed by atoms with E-state index in [1.807, 2.05) is 18.2 Å². The van der Waals surface area contributed by atoms with Crippen molar-refractivity contribution in [2.45, 2.75) is 70.2 Å². The zero-order valence-corrected chi connectivity index (χ0v) is 25.3. The number of amides is 1. The Labute approximate surface area is 249 Å². The highest BCUT2D eigenvalue weighted by atomic mass is 16.5. The van der Waals surface area contributed by atoms with Crippen molar-refractivity contribution in [3.63, 3.8) is 0 Å². The fourth-order valence-electron chi connectivity index (χ4n) is 6.43. The molecule has 1 aromatic carbocycles. The van der Waals surface area contributed by atoms with Crippen molar-refractivity contribution in [2.24, 2.45) is 0 Å². The summed E-state index contributed by atoms with van der Waals surface area (Å²) in [5, 5.41) is 9.53. The average Bonchev–Trinajstić information content (AvgIpc) is 3.42. The summed E-state index contributed by atoms with van der Waals surface area (Å²) >= 11 is 0. The molecule has 0 spiro atoms. The lowest BCUT2D eigenvalue weighted by Crippen LogP contribution is -2.55. The van der Waals surface area contributed by atoms with Crippen LogP contribution in [0.1, 0.15) is 44.4 Å². The van der Waals surface area contributed by atoms with Gasteiger partial charge in [0.2, 0.25) is 5.91 Å². The first-order valence-electron chi connectivity index (χ1n) is 15.1. The fourth-order valence-corrected chi connectivity index (χ4v) is 6.43. The van der Waals surface area contributed by atoms with Gasteiger partial charge in [-0.25, -0.2) is 0 Å². The smallest absolute Gasteiger partial charge is 0.318 e. The van der Waals surface area contributed by atoms with Gasteiger partial charge in [-0.2, -0.15) is 15.2 Å². The van der Waals surface area contributed by atoms with Gasteiger partial charge in [-0.15, -0.1) is 0 Å². The molecule has 1 amide bonds. The number of fused-ring (bicyclic) bond motifs is 1. The van der Waals surface area contributed by atoms with Crippen molar-refractivity contribution in [3.05, 3.63) is 48.2 Å². The summed E-state index contributed by atoms with van der Waals surface area (Å²) in [6.07, 6.45) is 5.06. The van der Waals surface area contributed by atoms with Gasteiger partial charge in [0.05, 0.1) is 36.0 Å². The van der Waals surface area contributed by atoms with Crippen LogP contribution in [0.4, 0.5) is 11.5 Å². The summed E-state index contributed by atoms with van der Waals surface area (Å²) < 4.78 is 12.9. The highest BCUT2D eigenvalue weighted by Crippen LogP contribution is 2.37. The largest absolute Gasteiger partial charge is 0.486 e. The molecule has 3 unspecified atom stereocenters. The third kappa shape index (κ3) is 6.02. The van der Waals surface area contributed by atoms with Gasteiger partial charge in [-0.3, -0.25) is 4.79 Å². The topological polar surface area (TPSA) is 98.1 Å². The second-order valence-electron chi connectivity index (χ2n) is 11.6. The molecule has 42 heavy (non-hydrogen) atoms. The Kier molecular flexibility index (Phi) is 9.17. The quantitative estimate of drug-likeness (QED) is 0.418. The van der Waals surface area contributed by atoms with E-state index in [0.29, 0.717) is 44.7 Å². The van der Waals surface area contributed by atoms with Crippen LogP contribution in [-0.4, -0.2) is 96.8 Å². The van der Waals surface area contributed by atoms with Gasteiger partial charge < -0.3 is 29.1 Å². The Morgan fingerprint density at radius 2 is 2.02 bits per heavy atom. The Bertz CT molecular complexity index is 1330. The number of carbonyl (C=O) groups is 1. The minimum absolute atomic E-state index is 0.111. The number of hydrogen-bond donors (Lipinski definition) is 0. The number of rotatable bonds is 9. The van der Waals surface area contributed by atoms with Crippen molar-refractivity contribution in [2.75, 3.05) is 56.7 Å². The number of likely N-dealkylation sites (N-methyl/N-ethyl adjacent to an activating group) is 2. The molecule has 2 aromatic rings. The number of carbonyl (C=O) groups excluding carboxylic acids is 1. The van der Waals surface area contributed by atoms with Crippen LogP contribution in [-0.2, 0) is 17.6 Å². The van der Waals surface area contributed by atoms with Crippen molar-refractivity contribution < 1.29 is 14.3 Å². The Balaban J connectivity index is 1.48. The molecule has 0 bridgehead atoms. The van der Waals surface area contributed by atoms with E-state index in [-0.39, 0.29) is 30.5 Å². The van der Waals surface area contributed by atoms with E-state index in [1.165, 1.54) is 6.08 Å².